The van der Waals surface area contributed by atoms with Crippen LogP contribution in [0.1, 0.15) is 29.7 Å². The lowest BCUT2D eigenvalue weighted by Gasteiger charge is -2.09. The molecule has 3 heteroatoms. The van der Waals surface area contributed by atoms with E-state index in [4.69, 9.17) is 0 Å². The van der Waals surface area contributed by atoms with E-state index in [-0.39, 0.29) is 11.7 Å². The molecule has 0 radical (unpaired) electrons. The van der Waals surface area contributed by atoms with Gasteiger partial charge in [0, 0.05) is 29.0 Å². The number of ketones is 1. The van der Waals surface area contributed by atoms with E-state index >= 15 is 0 Å². The predicted octanol–water partition coefficient (Wildman–Crippen LogP) is 3.65. The monoisotopic (exact) mass is 283 g/mol. The Morgan fingerprint density at radius 1 is 1.30 bits per heavy atom. The van der Waals surface area contributed by atoms with Crippen molar-refractivity contribution in [3.8, 4) is 0 Å². The number of Topliss-reactive ketones (excluding diaryl/α,β-unsaturated/α-hetero) is 1. The Morgan fingerprint density at radius 2 is 2.15 bits per heavy atom. The van der Waals surface area contributed by atoms with Gasteiger partial charge in [0.1, 0.15) is 5.78 Å². The second-order valence-electron chi connectivity index (χ2n) is 5.06. The summed E-state index contributed by atoms with van der Waals surface area (Å²) in [6, 6.07) is 12.3. The molecular weight excluding hydrogens is 266 g/mol. The molecule has 102 valence electrons. The molecule has 1 aliphatic rings. The summed E-state index contributed by atoms with van der Waals surface area (Å²) in [5.41, 5.74) is 3.28. The van der Waals surface area contributed by atoms with Gasteiger partial charge >= 0.3 is 0 Å². The van der Waals surface area contributed by atoms with E-state index in [1.165, 1.54) is 16.0 Å². The maximum atomic E-state index is 12.5. The summed E-state index contributed by atoms with van der Waals surface area (Å²) < 4.78 is 0. The van der Waals surface area contributed by atoms with Crippen molar-refractivity contribution in [1.82, 2.24) is 4.98 Å². The first-order valence-corrected chi connectivity index (χ1v) is 7.94. The first-order valence-electron chi connectivity index (χ1n) is 6.96. The van der Waals surface area contributed by atoms with Gasteiger partial charge in [0.15, 0.2) is 0 Å². The fourth-order valence-corrected chi connectivity index (χ4v) is 3.76. The molecule has 0 bridgehead atoms. The molecule has 0 saturated heterocycles. The molecular formula is C17H17NOS. The molecule has 1 atom stereocenters. The Bertz CT molecular complexity index is 621. The number of hydrogen-bond donors (Lipinski definition) is 0. The van der Waals surface area contributed by atoms with Crippen LogP contribution in [0.15, 0.2) is 47.5 Å². The fraction of sp³-hybridized carbons (Fsp3) is 0.294. The van der Waals surface area contributed by atoms with Crippen molar-refractivity contribution in [2.24, 2.45) is 0 Å². The van der Waals surface area contributed by atoms with E-state index in [2.05, 4.69) is 30.1 Å². The number of aromatic nitrogens is 1. The van der Waals surface area contributed by atoms with Gasteiger partial charge in [-0.1, -0.05) is 31.2 Å². The quantitative estimate of drug-likeness (QED) is 0.858. The predicted molar refractivity (Wildman–Crippen MR) is 82.2 cm³/mol. The summed E-state index contributed by atoms with van der Waals surface area (Å²) in [6.07, 6.45) is 3.29. The summed E-state index contributed by atoms with van der Waals surface area (Å²) in [7, 11) is 0. The van der Waals surface area contributed by atoms with Gasteiger partial charge in [-0.05, 0) is 29.7 Å². The van der Waals surface area contributed by atoms with Gasteiger partial charge in [0.25, 0.3) is 0 Å². The van der Waals surface area contributed by atoms with Crippen molar-refractivity contribution < 1.29 is 4.79 Å². The lowest BCUT2D eigenvalue weighted by Crippen LogP contribution is -2.15. The standard InChI is InChI=1S/C17H17NOS/c1-2-12-7-8-13(18-10-12)9-16(19)15-11-20-17-6-4-3-5-14(15)17/h3-8,10,15H,2,9,11H2,1H3. The number of rotatable bonds is 4. The highest BCUT2D eigenvalue weighted by molar-refractivity contribution is 7.99. The van der Waals surface area contributed by atoms with E-state index < -0.39 is 0 Å². The Hall–Kier alpha value is -1.61. The second kappa shape index (κ2) is 5.80. The van der Waals surface area contributed by atoms with Crippen LogP contribution in [0, 0.1) is 0 Å². The molecule has 1 aromatic heterocycles. The van der Waals surface area contributed by atoms with Gasteiger partial charge in [-0.3, -0.25) is 9.78 Å². The average molecular weight is 283 g/mol. The van der Waals surface area contributed by atoms with Crippen molar-refractivity contribution in [3.63, 3.8) is 0 Å². The molecule has 2 nitrogen and oxygen atoms in total. The third-order valence-electron chi connectivity index (χ3n) is 3.74. The van der Waals surface area contributed by atoms with E-state index in [1.54, 1.807) is 11.8 Å². The van der Waals surface area contributed by atoms with Crippen LogP contribution < -0.4 is 0 Å². The maximum absolute atomic E-state index is 12.5. The number of hydrogen-bond acceptors (Lipinski definition) is 3. The molecule has 1 aromatic carbocycles. The molecule has 0 saturated carbocycles. The minimum absolute atomic E-state index is 0.0313. The third-order valence-corrected chi connectivity index (χ3v) is 4.92. The normalized spacial score (nSPS) is 16.9. The van der Waals surface area contributed by atoms with Crippen LogP contribution in [0.4, 0.5) is 0 Å². The highest BCUT2D eigenvalue weighted by atomic mass is 32.2. The minimum Gasteiger partial charge on any atom is -0.299 e. The zero-order chi connectivity index (χ0) is 13.9. The Labute approximate surface area is 123 Å². The van der Waals surface area contributed by atoms with E-state index in [9.17, 15) is 4.79 Å². The smallest absolute Gasteiger partial charge is 0.147 e. The number of nitrogens with zero attached hydrogens (tertiary/aromatic N) is 1. The maximum Gasteiger partial charge on any atom is 0.147 e. The van der Waals surface area contributed by atoms with E-state index in [0.29, 0.717) is 6.42 Å². The van der Waals surface area contributed by atoms with Gasteiger partial charge in [0.05, 0.1) is 5.92 Å². The van der Waals surface area contributed by atoms with Crippen LogP contribution in [0.2, 0.25) is 0 Å². The highest BCUT2D eigenvalue weighted by Gasteiger charge is 2.28. The second-order valence-corrected chi connectivity index (χ2v) is 6.12. The van der Waals surface area contributed by atoms with Crippen LogP contribution in [0.3, 0.4) is 0 Å². The number of benzene rings is 1. The van der Waals surface area contributed by atoms with Crippen molar-refractivity contribution in [2.45, 2.75) is 30.6 Å². The highest BCUT2D eigenvalue weighted by Crippen LogP contribution is 2.40. The van der Waals surface area contributed by atoms with Crippen molar-refractivity contribution in [2.75, 3.05) is 5.75 Å². The third kappa shape index (κ3) is 2.63. The molecule has 0 spiro atoms. The molecule has 1 unspecified atom stereocenters. The van der Waals surface area contributed by atoms with Crippen LogP contribution in [0.25, 0.3) is 0 Å². The summed E-state index contributed by atoms with van der Waals surface area (Å²) in [5.74, 6) is 1.17. The Balaban J connectivity index is 1.74. The number of thioether (sulfide) groups is 1. The molecule has 20 heavy (non-hydrogen) atoms. The Morgan fingerprint density at radius 3 is 2.90 bits per heavy atom. The zero-order valence-electron chi connectivity index (χ0n) is 11.5. The fourth-order valence-electron chi connectivity index (χ4n) is 2.50. The zero-order valence-corrected chi connectivity index (χ0v) is 12.3. The van der Waals surface area contributed by atoms with Crippen LogP contribution in [-0.4, -0.2) is 16.5 Å². The number of carbonyl (C=O) groups is 1. The van der Waals surface area contributed by atoms with Crippen molar-refractivity contribution in [1.29, 1.82) is 0 Å². The largest absolute Gasteiger partial charge is 0.299 e. The molecule has 2 heterocycles. The summed E-state index contributed by atoms with van der Waals surface area (Å²) in [4.78, 5) is 18.1. The first-order chi connectivity index (χ1) is 9.78. The van der Waals surface area contributed by atoms with Gasteiger partial charge in [-0.25, -0.2) is 0 Å². The van der Waals surface area contributed by atoms with Crippen LogP contribution in [-0.2, 0) is 17.6 Å². The molecule has 3 rings (SSSR count). The molecule has 0 fully saturated rings. The topological polar surface area (TPSA) is 30.0 Å². The lowest BCUT2D eigenvalue weighted by molar-refractivity contribution is -0.119. The lowest BCUT2D eigenvalue weighted by atomic mass is 9.94. The molecule has 1 aliphatic heterocycles. The SMILES string of the molecule is CCc1ccc(CC(=O)C2CSc3ccccc32)nc1. The molecule has 0 amide bonds. The molecule has 0 N–H and O–H groups in total. The van der Waals surface area contributed by atoms with E-state index in [1.807, 2.05) is 24.4 Å². The minimum atomic E-state index is 0.0313. The molecule has 2 aromatic rings. The number of carbonyl (C=O) groups excluding carboxylic acids is 1. The summed E-state index contributed by atoms with van der Waals surface area (Å²) in [5, 5.41) is 0. The van der Waals surface area contributed by atoms with Gasteiger partial charge in [0.2, 0.25) is 0 Å². The van der Waals surface area contributed by atoms with Crippen molar-refractivity contribution >= 4 is 17.5 Å². The Kier molecular flexibility index (Phi) is 3.88. The van der Waals surface area contributed by atoms with Gasteiger partial charge in [-0.2, -0.15) is 0 Å². The average Bonchev–Trinajstić information content (AvgIpc) is 2.92. The summed E-state index contributed by atoms with van der Waals surface area (Å²) >= 11 is 1.78. The summed E-state index contributed by atoms with van der Waals surface area (Å²) in [6.45, 7) is 2.11. The van der Waals surface area contributed by atoms with E-state index in [0.717, 1.165) is 17.9 Å². The number of aryl methyl sites for hydroxylation is 1. The number of fused-ring (bicyclic) bond motifs is 1. The molecule has 0 aliphatic carbocycles. The van der Waals surface area contributed by atoms with Crippen LogP contribution in [0.5, 0.6) is 0 Å². The van der Waals surface area contributed by atoms with Gasteiger partial charge < -0.3 is 0 Å². The van der Waals surface area contributed by atoms with Gasteiger partial charge in [-0.15, -0.1) is 11.8 Å². The van der Waals surface area contributed by atoms with Crippen molar-refractivity contribution in [3.05, 3.63) is 59.4 Å². The first kappa shape index (κ1) is 13.4. The number of pyridine rings is 1. The van der Waals surface area contributed by atoms with Crippen LogP contribution >= 0.6 is 11.8 Å².